The summed E-state index contributed by atoms with van der Waals surface area (Å²) in [7, 11) is -3.75. The van der Waals surface area contributed by atoms with Crippen molar-refractivity contribution in [1.29, 1.82) is 0 Å². The number of nitrogens with zero attached hydrogens (tertiary/aromatic N) is 4. The SMILES string of the molecule is O=S(=O)(c1cccs1)N1CN(Cc2ccc3c(c2)OCO3)c2nc3ccccc3nc21. The molecule has 8 nitrogen and oxygen atoms in total. The Labute approximate surface area is 182 Å². The van der Waals surface area contributed by atoms with Gasteiger partial charge in [0.15, 0.2) is 23.1 Å². The number of anilines is 2. The first kappa shape index (κ1) is 18.4. The molecule has 0 radical (unpaired) electrons. The first-order valence-corrected chi connectivity index (χ1v) is 11.9. The van der Waals surface area contributed by atoms with Gasteiger partial charge in [-0.1, -0.05) is 24.3 Å². The summed E-state index contributed by atoms with van der Waals surface area (Å²) in [5.41, 5.74) is 2.32. The van der Waals surface area contributed by atoms with Gasteiger partial charge in [0, 0.05) is 6.54 Å². The van der Waals surface area contributed by atoms with Crippen molar-refractivity contribution in [1.82, 2.24) is 9.97 Å². The normalized spacial score (nSPS) is 15.0. The molecule has 0 saturated heterocycles. The van der Waals surface area contributed by atoms with E-state index in [2.05, 4.69) is 4.98 Å². The first-order valence-electron chi connectivity index (χ1n) is 9.56. The molecule has 31 heavy (non-hydrogen) atoms. The Kier molecular flexibility index (Phi) is 4.05. The van der Waals surface area contributed by atoms with E-state index >= 15 is 0 Å². The van der Waals surface area contributed by atoms with Gasteiger partial charge in [-0.05, 0) is 41.3 Å². The third-order valence-corrected chi connectivity index (χ3v) is 8.31. The number of aromatic nitrogens is 2. The van der Waals surface area contributed by atoms with E-state index in [1.54, 1.807) is 17.5 Å². The van der Waals surface area contributed by atoms with Crippen LogP contribution in [0.4, 0.5) is 11.6 Å². The number of para-hydroxylation sites is 2. The van der Waals surface area contributed by atoms with Gasteiger partial charge in [-0.2, -0.15) is 0 Å². The van der Waals surface area contributed by atoms with Crippen molar-refractivity contribution in [2.24, 2.45) is 0 Å². The van der Waals surface area contributed by atoms with Gasteiger partial charge in [0.2, 0.25) is 6.79 Å². The molecule has 2 aromatic heterocycles. The van der Waals surface area contributed by atoms with Crippen LogP contribution < -0.4 is 18.7 Å². The van der Waals surface area contributed by atoms with Crippen LogP contribution in [0.5, 0.6) is 11.5 Å². The number of hydrogen-bond acceptors (Lipinski definition) is 8. The van der Waals surface area contributed by atoms with E-state index in [9.17, 15) is 8.42 Å². The topological polar surface area (TPSA) is 84.9 Å². The van der Waals surface area contributed by atoms with Crippen LogP contribution in [0.3, 0.4) is 0 Å². The summed E-state index contributed by atoms with van der Waals surface area (Å²) >= 11 is 1.19. The van der Waals surface area contributed by atoms with Gasteiger partial charge in [-0.15, -0.1) is 11.3 Å². The highest BCUT2D eigenvalue weighted by atomic mass is 32.2. The Hall–Kier alpha value is -3.37. The highest BCUT2D eigenvalue weighted by molar-refractivity contribution is 7.94. The van der Waals surface area contributed by atoms with E-state index in [-0.39, 0.29) is 17.7 Å². The lowest BCUT2D eigenvalue weighted by atomic mass is 10.2. The number of benzene rings is 2. The highest BCUT2D eigenvalue weighted by Gasteiger charge is 2.38. The number of sulfonamides is 1. The number of fused-ring (bicyclic) bond motifs is 3. The summed E-state index contributed by atoms with van der Waals surface area (Å²) in [6.07, 6.45) is 0. The average Bonchev–Trinajstić information content (AvgIpc) is 3.53. The molecule has 2 aliphatic heterocycles. The second-order valence-electron chi connectivity index (χ2n) is 7.17. The summed E-state index contributed by atoms with van der Waals surface area (Å²) < 4.78 is 39.2. The maximum atomic E-state index is 13.4. The molecule has 0 saturated carbocycles. The molecular formula is C21H16N4O4S2. The summed E-state index contributed by atoms with van der Waals surface area (Å²) in [4.78, 5) is 11.3. The number of hydrogen-bond donors (Lipinski definition) is 0. The second-order valence-corrected chi connectivity index (χ2v) is 10.2. The van der Waals surface area contributed by atoms with Crippen LogP contribution in [0.15, 0.2) is 64.2 Å². The Bertz CT molecular complexity index is 1410. The fraction of sp³-hybridized carbons (Fsp3) is 0.143. The van der Waals surface area contributed by atoms with Crippen LogP contribution in [-0.2, 0) is 16.6 Å². The third kappa shape index (κ3) is 2.98. The van der Waals surface area contributed by atoms with Gasteiger partial charge in [-0.3, -0.25) is 0 Å². The molecule has 6 rings (SSSR count). The van der Waals surface area contributed by atoms with Crippen LogP contribution in [0.2, 0.25) is 0 Å². The molecule has 0 amide bonds. The standard InChI is InChI=1S/C21H16N4O4S2/c26-31(27,19-6-3-9-30-19)25-12-24(11-14-7-8-17-18(10-14)29-13-28-17)20-21(25)23-16-5-2-1-4-15(16)22-20/h1-10H,11-13H2. The van der Waals surface area contributed by atoms with Crippen LogP contribution in [-0.4, -0.2) is 31.8 Å². The molecule has 2 aliphatic rings. The molecule has 0 N–H and O–H groups in total. The van der Waals surface area contributed by atoms with E-state index in [1.165, 1.54) is 15.6 Å². The predicted molar refractivity (Wildman–Crippen MR) is 117 cm³/mol. The van der Waals surface area contributed by atoms with Crippen molar-refractivity contribution in [2.45, 2.75) is 10.8 Å². The van der Waals surface area contributed by atoms with Gasteiger partial charge in [0.25, 0.3) is 10.0 Å². The zero-order valence-electron chi connectivity index (χ0n) is 16.1. The summed E-state index contributed by atoms with van der Waals surface area (Å²) in [6.45, 7) is 0.781. The Morgan fingerprint density at radius 2 is 1.71 bits per heavy atom. The maximum absolute atomic E-state index is 13.4. The van der Waals surface area contributed by atoms with Crippen molar-refractivity contribution < 1.29 is 17.9 Å². The lowest BCUT2D eigenvalue weighted by molar-refractivity contribution is 0.174. The minimum absolute atomic E-state index is 0.125. The smallest absolute Gasteiger partial charge is 0.276 e. The third-order valence-electron chi connectivity index (χ3n) is 5.22. The number of ether oxygens (including phenoxy) is 2. The van der Waals surface area contributed by atoms with Crippen LogP contribution in [0.1, 0.15) is 5.56 Å². The molecule has 0 unspecified atom stereocenters. The second kappa shape index (κ2) is 6.82. The quantitative estimate of drug-likeness (QED) is 0.468. The van der Waals surface area contributed by atoms with E-state index in [0.717, 1.165) is 5.56 Å². The summed E-state index contributed by atoms with van der Waals surface area (Å²) in [5, 5.41) is 1.75. The highest BCUT2D eigenvalue weighted by Crippen LogP contribution is 2.40. The zero-order valence-corrected chi connectivity index (χ0v) is 17.8. The number of rotatable bonds is 4. The van der Waals surface area contributed by atoms with Crippen molar-refractivity contribution in [3.8, 4) is 11.5 Å². The van der Waals surface area contributed by atoms with Crippen molar-refractivity contribution in [3.05, 3.63) is 65.5 Å². The largest absolute Gasteiger partial charge is 0.454 e. The lowest BCUT2D eigenvalue weighted by Gasteiger charge is -2.20. The van der Waals surface area contributed by atoms with Crippen LogP contribution in [0, 0.1) is 0 Å². The molecule has 4 heterocycles. The van der Waals surface area contributed by atoms with Gasteiger partial charge < -0.3 is 14.4 Å². The number of thiophene rings is 1. The van der Waals surface area contributed by atoms with Gasteiger partial charge in [-0.25, -0.2) is 22.7 Å². The zero-order chi connectivity index (χ0) is 21.0. The minimum Gasteiger partial charge on any atom is -0.454 e. The summed E-state index contributed by atoms with van der Waals surface area (Å²) in [5.74, 6) is 2.27. The Morgan fingerprint density at radius 1 is 0.935 bits per heavy atom. The van der Waals surface area contributed by atoms with Gasteiger partial charge in [0.1, 0.15) is 10.9 Å². The Morgan fingerprint density at radius 3 is 2.48 bits per heavy atom. The molecule has 0 atom stereocenters. The molecule has 10 heteroatoms. The maximum Gasteiger partial charge on any atom is 0.276 e. The molecule has 0 spiro atoms. The molecular weight excluding hydrogens is 436 g/mol. The lowest BCUT2D eigenvalue weighted by Crippen LogP contribution is -2.35. The molecule has 2 aromatic carbocycles. The fourth-order valence-corrected chi connectivity index (χ4v) is 6.22. The van der Waals surface area contributed by atoms with E-state index in [0.29, 0.717) is 40.7 Å². The van der Waals surface area contributed by atoms with E-state index in [4.69, 9.17) is 14.5 Å². The minimum atomic E-state index is -3.75. The molecule has 0 fully saturated rings. The van der Waals surface area contributed by atoms with Crippen LogP contribution >= 0.6 is 11.3 Å². The van der Waals surface area contributed by atoms with Crippen molar-refractivity contribution >= 4 is 44.0 Å². The average molecular weight is 453 g/mol. The van der Waals surface area contributed by atoms with E-state index < -0.39 is 10.0 Å². The summed E-state index contributed by atoms with van der Waals surface area (Å²) in [6, 6.07) is 16.5. The molecule has 4 aromatic rings. The molecule has 156 valence electrons. The first-order chi connectivity index (χ1) is 15.1. The van der Waals surface area contributed by atoms with E-state index in [1.807, 2.05) is 47.4 Å². The predicted octanol–water partition coefficient (Wildman–Crippen LogP) is 3.59. The van der Waals surface area contributed by atoms with Crippen molar-refractivity contribution in [2.75, 3.05) is 22.7 Å². The monoisotopic (exact) mass is 452 g/mol. The van der Waals surface area contributed by atoms with Crippen molar-refractivity contribution in [3.63, 3.8) is 0 Å². The fourth-order valence-electron chi connectivity index (χ4n) is 3.74. The van der Waals surface area contributed by atoms with Gasteiger partial charge >= 0.3 is 0 Å². The molecule has 0 aliphatic carbocycles. The van der Waals surface area contributed by atoms with Gasteiger partial charge in [0.05, 0.1) is 11.0 Å². The van der Waals surface area contributed by atoms with Crippen LogP contribution in [0.25, 0.3) is 11.0 Å². The molecule has 0 bridgehead atoms. The Balaban J connectivity index is 1.44.